The Morgan fingerprint density at radius 2 is 2.00 bits per heavy atom. The fraction of sp³-hybridized carbons (Fsp3) is 0.300. The van der Waals surface area contributed by atoms with Gasteiger partial charge in [-0.05, 0) is 24.7 Å². The molecule has 0 amide bonds. The number of halogens is 1. The average Bonchev–Trinajstić information content (AvgIpc) is 2.07. The quantitative estimate of drug-likeness (QED) is 0.800. The van der Waals surface area contributed by atoms with Crippen molar-refractivity contribution in [3.8, 4) is 0 Å². The molecule has 0 heterocycles. The highest BCUT2D eigenvalue weighted by atomic mass is 35.5. The number of hydrogen-bond donors (Lipinski definition) is 1. The molecule has 4 heteroatoms. The van der Waals surface area contributed by atoms with E-state index in [0.29, 0.717) is 11.5 Å². The molecular weight excluding hydrogens is 216 g/mol. The minimum absolute atomic E-state index is 0.515. The molecule has 0 aliphatic heterocycles. The van der Waals surface area contributed by atoms with E-state index >= 15 is 0 Å². The predicted octanol–water partition coefficient (Wildman–Crippen LogP) is 2.06. The smallest absolute Gasteiger partial charge is 0.0870 e. The van der Waals surface area contributed by atoms with Crippen molar-refractivity contribution in [2.45, 2.75) is 6.54 Å². The lowest BCUT2D eigenvalue weighted by atomic mass is 10.2. The van der Waals surface area contributed by atoms with Gasteiger partial charge in [-0.3, -0.25) is 4.90 Å². The van der Waals surface area contributed by atoms with E-state index in [9.17, 15) is 0 Å². The molecule has 1 aromatic carbocycles. The Morgan fingerprint density at radius 1 is 1.43 bits per heavy atom. The van der Waals surface area contributed by atoms with Crippen LogP contribution in [0.1, 0.15) is 5.56 Å². The number of nitrogens with two attached hydrogens (primary N) is 1. The van der Waals surface area contributed by atoms with E-state index in [1.54, 1.807) is 0 Å². The molecule has 1 rings (SSSR count). The van der Waals surface area contributed by atoms with E-state index in [1.165, 1.54) is 5.56 Å². The molecule has 0 atom stereocenters. The van der Waals surface area contributed by atoms with Gasteiger partial charge >= 0.3 is 0 Å². The molecule has 0 saturated carbocycles. The summed E-state index contributed by atoms with van der Waals surface area (Å²) in [7, 11) is 1.98. The van der Waals surface area contributed by atoms with E-state index in [4.69, 9.17) is 29.6 Å². The number of hydrogen-bond acceptors (Lipinski definition) is 2. The SMILES string of the molecule is CN(CC(N)=S)Cc1ccc(Cl)cc1. The van der Waals surface area contributed by atoms with E-state index in [1.807, 2.05) is 31.3 Å². The fourth-order valence-corrected chi connectivity index (χ4v) is 1.57. The molecule has 76 valence electrons. The summed E-state index contributed by atoms with van der Waals surface area (Å²) in [5.74, 6) is 0. The molecule has 0 aliphatic rings. The summed E-state index contributed by atoms with van der Waals surface area (Å²) in [5, 5.41) is 0.755. The van der Waals surface area contributed by atoms with Crippen molar-refractivity contribution in [2.24, 2.45) is 5.73 Å². The average molecular weight is 229 g/mol. The van der Waals surface area contributed by atoms with Gasteiger partial charge in [-0.25, -0.2) is 0 Å². The molecule has 0 aliphatic carbocycles. The topological polar surface area (TPSA) is 29.3 Å². The lowest BCUT2D eigenvalue weighted by Crippen LogP contribution is -2.28. The van der Waals surface area contributed by atoms with Crippen LogP contribution in [-0.4, -0.2) is 23.5 Å². The van der Waals surface area contributed by atoms with Crippen LogP contribution in [0.2, 0.25) is 5.02 Å². The zero-order chi connectivity index (χ0) is 10.6. The van der Waals surface area contributed by atoms with E-state index in [2.05, 4.69) is 4.90 Å². The highest BCUT2D eigenvalue weighted by molar-refractivity contribution is 7.80. The van der Waals surface area contributed by atoms with Crippen LogP contribution in [0.3, 0.4) is 0 Å². The molecule has 0 spiro atoms. The van der Waals surface area contributed by atoms with Gasteiger partial charge in [0.1, 0.15) is 0 Å². The lowest BCUT2D eigenvalue weighted by molar-refractivity contribution is 0.375. The minimum atomic E-state index is 0.515. The van der Waals surface area contributed by atoms with Gasteiger partial charge in [0.05, 0.1) is 4.99 Å². The zero-order valence-corrected chi connectivity index (χ0v) is 9.61. The summed E-state index contributed by atoms with van der Waals surface area (Å²) in [4.78, 5) is 2.58. The van der Waals surface area contributed by atoms with Crippen LogP contribution < -0.4 is 5.73 Å². The highest BCUT2D eigenvalue weighted by Crippen LogP contribution is 2.10. The van der Waals surface area contributed by atoms with Crippen molar-refractivity contribution in [3.63, 3.8) is 0 Å². The van der Waals surface area contributed by atoms with E-state index in [0.717, 1.165) is 11.6 Å². The van der Waals surface area contributed by atoms with Gasteiger partial charge in [-0.15, -0.1) is 0 Å². The molecule has 2 nitrogen and oxygen atoms in total. The van der Waals surface area contributed by atoms with Crippen molar-refractivity contribution in [1.29, 1.82) is 0 Å². The molecule has 14 heavy (non-hydrogen) atoms. The Hall–Kier alpha value is -0.640. The van der Waals surface area contributed by atoms with Crippen molar-refractivity contribution in [3.05, 3.63) is 34.9 Å². The summed E-state index contributed by atoms with van der Waals surface area (Å²) in [6.45, 7) is 1.46. The first kappa shape index (κ1) is 11.4. The van der Waals surface area contributed by atoms with Gasteiger partial charge in [0.25, 0.3) is 0 Å². The van der Waals surface area contributed by atoms with Crippen LogP contribution in [0, 0.1) is 0 Å². The second-order valence-electron chi connectivity index (χ2n) is 3.27. The van der Waals surface area contributed by atoms with Crippen molar-refractivity contribution in [1.82, 2.24) is 4.90 Å². The van der Waals surface area contributed by atoms with Gasteiger partial charge in [0.2, 0.25) is 0 Å². The molecule has 0 saturated heterocycles. The molecule has 0 aromatic heterocycles. The number of nitrogens with zero attached hydrogens (tertiary/aromatic N) is 1. The van der Waals surface area contributed by atoms with Gasteiger partial charge in [0, 0.05) is 18.1 Å². The molecule has 1 aromatic rings. The van der Waals surface area contributed by atoms with E-state index < -0.39 is 0 Å². The molecule has 0 radical (unpaired) electrons. The van der Waals surface area contributed by atoms with Crippen LogP contribution >= 0.6 is 23.8 Å². The standard InChI is InChI=1S/C10H13ClN2S/c1-13(7-10(12)14)6-8-2-4-9(11)5-3-8/h2-5H,6-7H2,1H3,(H2,12,14). The third-order valence-electron chi connectivity index (χ3n) is 1.79. The van der Waals surface area contributed by atoms with Crippen LogP contribution in [0.5, 0.6) is 0 Å². The Bertz CT molecular complexity index is 310. The Balaban J connectivity index is 2.51. The van der Waals surface area contributed by atoms with Crippen molar-refractivity contribution in [2.75, 3.05) is 13.6 Å². The summed E-state index contributed by atoms with van der Waals surface area (Å²) in [6.07, 6.45) is 0. The fourth-order valence-electron chi connectivity index (χ4n) is 1.22. The first-order valence-electron chi connectivity index (χ1n) is 4.29. The number of thiocarbonyl (C=S) groups is 1. The molecule has 2 N–H and O–H groups in total. The summed E-state index contributed by atoms with van der Waals surface area (Å²) < 4.78 is 0. The number of benzene rings is 1. The molecule has 0 unspecified atom stereocenters. The molecular formula is C10H13ClN2S. The van der Waals surface area contributed by atoms with Gasteiger partial charge in [0.15, 0.2) is 0 Å². The first-order chi connectivity index (χ1) is 6.58. The molecule has 0 fully saturated rings. The van der Waals surface area contributed by atoms with Crippen molar-refractivity contribution >= 4 is 28.8 Å². The van der Waals surface area contributed by atoms with Crippen LogP contribution in [-0.2, 0) is 6.54 Å². The molecule has 0 bridgehead atoms. The normalized spacial score (nSPS) is 10.5. The number of likely N-dealkylation sites (N-methyl/N-ethyl adjacent to an activating group) is 1. The largest absolute Gasteiger partial charge is 0.392 e. The predicted molar refractivity (Wildman–Crippen MR) is 64.6 cm³/mol. The maximum atomic E-state index is 5.78. The van der Waals surface area contributed by atoms with Gasteiger partial charge in [-0.2, -0.15) is 0 Å². The Kier molecular flexibility index (Phi) is 4.32. The summed E-state index contributed by atoms with van der Waals surface area (Å²) >= 11 is 10.6. The van der Waals surface area contributed by atoms with Gasteiger partial charge < -0.3 is 5.73 Å². The number of rotatable bonds is 4. The minimum Gasteiger partial charge on any atom is -0.392 e. The second kappa shape index (κ2) is 5.29. The summed E-state index contributed by atoms with van der Waals surface area (Å²) in [6, 6.07) is 7.76. The van der Waals surface area contributed by atoms with E-state index in [-0.39, 0.29) is 0 Å². The lowest BCUT2D eigenvalue weighted by Gasteiger charge is -2.15. The third kappa shape index (κ3) is 4.05. The third-order valence-corrected chi connectivity index (χ3v) is 2.17. The van der Waals surface area contributed by atoms with Crippen molar-refractivity contribution < 1.29 is 0 Å². The monoisotopic (exact) mass is 228 g/mol. The summed E-state index contributed by atoms with van der Waals surface area (Å²) in [5.41, 5.74) is 6.64. The zero-order valence-electron chi connectivity index (χ0n) is 8.03. The second-order valence-corrected chi connectivity index (χ2v) is 4.23. The maximum Gasteiger partial charge on any atom is 0.0870 e. The van der Waals surface area contributed by atoms with Crippen LogP contribution in [0.4, 0.5) is 0 Å². The highest BCUT2D eigenvalue weighted by Gasteiger charge is 2.01. The Morgan fingerprint density at radius 3 is 2.50 bits per heavy atom. The Labute approximate surface area is 94.7 Å². The maximum absolute atomic E-state index is 5.78. The van der Waals surface area contributed by atoms with Crippen LogP contribution in [0.15, 0.2) is 24.3 Å². The van der Waals surface area contributed by atoms with Crippen LogP contribution in [0.25, 0.3) is 0 Å². The first-order valence-corrected chi connectivity index (χ1v) is 5.08. The van der Waals surface area contributed by atoms with Gasteiger partial charge in [-0.1, -0.05) is 36.0 Å².